The van der Waals surface area contributed by atoms with Gasteiger partial charge < -0.3 is 18.9 Å². The third kappa shape index (κ3) is 6.55. The fraction of sp³-hybridized carbons (Fsp3) is 0.519. The van der Waals surface area contributed by atoms with Crippen LogP contribution < -0.4 is 4.74 Å². The van der Waals surface area contributed by atoms with Crippen LogP contribution in [0.2, 0.25) is 0 Å². The molecule has 1 saturated heterocycles. The van der Waals surface area contributed by atoms with Gasteiger partial charge in [-0.15, -0.1) is 0 Å². The first-order valence-corrected chi connectivity index (χ1v) is 11.7. The summed E-state index contributed by atoms with van der Waals surface area (Å²) in [5.74, 6) is 0.442. The Labute approximate surface area is 195 Å². The van der Waals surface area contributed by atoms with Gasteiger partial charge in [-0.3, -0.25) is 0 Å². The number of esters is 1. The summed E-state index contributed by atoms with van der Waals surface area (Å²) in [5, 5.41) is 0. The van der Waals surface area contributed by atoms with Gasteiger partial charge in [0.2, 0.25) is 0 Å². The van der Waals surface area contributed by atoms with Crippen molar-refractivity contribution in [3.63, 3.8) is 0 Å². The van der Waals surface area contributed by atoms with E-state index in [0.717, 1.165) is 37.9 Å². The third-order valence-corrected chi connectivity index (χ3v) is 6.00. The fourth-order valence-electron chi connectivity index (χ4n) is 4.26. The second-order valence-electron chi connectivity index (χ2n) is 9.91. The van der Waals surface area contributed by atoms with E-state index in [-0.39, 0.29) is 30.6 Å². The maximum atomic E-state index is 14.5. The topological polar surface area (TPSA) is 54.0 Å². The molecule has 1 atom stereocenters. The second-order valence-corrected chi connectivity index (χ2v) is 9.91. The van der Waals surface area contributed by atoms with Crippen LogP contribution in [0.1, 0.15) is 57.9 Å². The summed E-state index contributed by atoms with van der Waals surface area (Å²) >= 11 is 0. The largest absolute Gasteiger partial charge is 0.488 e. The van der Waals surface area contributed by atoms with Gasteiger partial charge in [-0.05, 0) is 81.7 Å². The van der Waals surface area contributed by atoms with Gasteiger partial charge in [-0.25, -0.2) is 9.18 Å². The van der Waals surface area contributed by atoms with Crippen molar-refractivity contribution in [2.24, 2.45) is 0 Å². The number of benzene rings is 2. The molecule has 0 unspecified atom stereocenters. The van der Waals surface area contributed by atoms with Gasteiger partial charge in [0.05, 0.1) is 12.7 Å². The van der Waals surface area contributed by atoms with Crippen molar-refractivity contribution in [3.8, 4) is 16.9 Å². The molecule has 33 heavy (non-hydrogen) atoms. The van der Waals surface area contributed by atoms with Gasteiger partial charge in [0, 0.05) is 12.2 Å². The van der Waals surface area contributed by atoms with Gasteiger partial charge in [0.1, 0.15) is 29.9 Å². The smallest absolute Gasteiger partial charge is 0.332 e. The van der Waals surface area contributed by atoms with Crippen molar-refractivity contribution in [1.82, 2.24) is 0 Å². The van der Waals surface area contributed by atoms with E-state index in [0.29, 0.717) is 23.8 Å². The van der Waals surface area contributed by atoms with Gasteiger partial charge in [-0.1, -0.05) is 24.3 Å². The lowest BCUT2D eigenvalue weighted by Crippen LogP contribution is -2.33. The molecule has 1 saturated carbocycles. The molecule has 2 aromatic rings. The molecule has 5 nitrogen and oxygen atoms in total. The predicted octanol–water partition coefficient (Wildman–Crippen LogP) is 5.65. The first-order chi connectivity index (χ1) is 15.8. The minimum Gasteiger partial charge on any atom is -0.488 e. The van der Waals surface area contributed by atoms with E-state index < -0.39 is 5.60 Å². The fourth-order valence-corrected chi connectivity index (χ4v) is 4.26. The SMILES string of the molecule is CC(C)(C)OC(=O)CO[C@H]1C[C@@H](c2ccc(-c3cc(O[C@@H]4CCCOC4)ccc3F)cc2)C1. The van der Waals surface area contributed by atoms with Gasteiger partial charge >= 0.3 is 5.97 Å². The predicted molar refractivity (Wildman–Crippen MR) is 124 cm³/mol. The second kappa shape index (κ2) is 10.2. The highest BCUT2D eigenvalue weighted by molar-refractivity contribution is 5.71. The van der Waals surface area contributed by atoms with Crippen molar-refractivity contribution in [2.45, 2.75) is 70.2 Å². The van der Waals surface area contributed by atoms with Crippen LogP contribution in [-0.4, -0.2) is 43.6 Å². The van der Waals surface area contributed by atoms with Crippen molar-refractivity contribution >= 4 is 5.97 Å². The van der Waals surface area contributed by atoms with Crippen LogP contribution in [-0.2, 0) is 19.0 Å². The van der Waals surface area contributed by atoms with E-state index in [1.54, 1.807) is 12.1 Å². The molecule has 178 valence electrons. The summed E-state index contributed by atoms with van der Waals surface area (Å²) in [4.78, 5) is 11.8. The van der Waals surface area contributed by atoms with E-state index in [2.05, 4.69) is 0 Å². The van der Waals surface area contributed by atoms with Crippen LogP contribution >= 0.6 is 0 Å². The Kier molecular flexibility index (Phi) is 7.35. The Morgan fingerprint density at radius 2 is 1.85 bits per heavy atom. The number of carbonyl (C=O) groups excluding carboxylic acids is 1. The van der Waals surface area contributed by atoms with Crippen LogP contribution in [0.4, 0.5) is 4.39 Å². The molecular weight excluding hydrogens is 423 g/mol. The third-order valence-electron chi connectivity index (χ3n) is 6.00. The Morgan fingerprint density at radius 1 is 1.09 bits per heavy atom. The van der Waals surface area contributed by atoms with Crippen LogP contribution in [0.15, 0.2) is 42.5 Å². The van der Waals surface area contributed by atoms with Crippen molar-refractivity contribution in [1.29, 1.82) is 0 Å². The molecule has 0 spiro atoms. The lowest BCUT2D eigenvalue weighted by Gasteiger charge is -2.35. The highest BCUT2D eigenvalue weighted by Gasteiger charge is 2.32. The molecule has 0 N–H and O–H groups in total. The maximum Gasteiger partial charge on any atom is 0.332 e. The van der Waals surface area contributed by atoms with Gasteiger partial charge in [0.15, 0.2) is 0 Å². The summed E-state index contributed by atoms with van der Waals surface area (Å²) in [6, 6.07) is 12.9. The lowest BCUT2D eigenvalue weighted by molar-refractivity contribution is -0.164. The van der Waals surface area contributed by atoms with Crippen LogP contribution in [0.5, 0.6) is 5.75 Å². The molecule has 2 aliphatic rings. The summed E-state index contributed by atoms with van der Waals surface area (Å²) < 4.78 is 37.0. The van der Waals surface area contributed by atoms with Crippen molar-refractivity contribution in [2.75, 3.05) is 19.8 Å². The molecule has 0 radical (unpaired) electrons. The van der Waals surface area contributed by atoms with E-state index in [1.807, 2.05) is 45.0 Å². The number of carbonyl (C=O) groups is 1. The van der Waals surface area contributed by atoms with E-state index in [1.165, 1.54) is 11.6 Å². The highest BCUT2D eigenvalue weighted by Crippen LogP contribution is 2.39. The normalized spacial score (nSPS) is 23.0. The van der Waals surface area contributed by atoms with Crippen LogP contribution in [0.25, 0.3) is 11.1 Å². The molecule has 0 aromatic heterocycles. The lowest BCUT2D eigenvalue weighted by atomic mass is 9.77. The molecule has 2 aromatic carbocycles. The first kappa shape index (κ1) is 23.7. The van der Waals surface area contributed by atoms with Crippen molar-refractivity contribution < 1.29 is 28.1 Å². The zero-order chi connectivity index (χ0) is 23.4. The molecule has 1 aliphatic carbocycles. The zero-order valence-electron chi connectivity index (χ0n) is 19.6. The summed E-state index contributed by atoms with van der Waals surface area (Å²) in [7, 11) is 0. The monoisotopic (exact) mass is 456 g/mol. The zero-order valence-corrected chi connectivity index (χ0v) is 19.6. The minimum absolute atomic E-state index is 0.0156. The van der Waals surface area contributed by atoms with Crippen LogP contribution in [0, 0.1) is 5.82 Å². The number of ether oxygens (including phenoxy) is 4. The Hall–Kier alpha value is -2.44. The first-order valence-electron chi connectivity index (χ1n) is 11.7. The number of hydrogen-bond acceptors (Lipinski definition) is 5. The Balaban J connectivity index is 1.31. The highest BCUT2D eigenvalue weighted by atomic mass is 19.1. The standard InChI is InChI=1S/C27H33FO5/c1-27(2,3)33-26(29)17-31-23-13-20(14-23)18-6-8-19(9-7-18)24-15-21(10-11-25(24)28)32-22-5-4-12-30-16-22/h6-11,15,20,22-23H,4-5,12-14,16-17H2,1-3H3/t20-,22-,23+/m1/s1. The van der Waals surface area contributed by atoms with Crippen LogP contribution in [0.3, 0.4) is 0 Å². The average Bonchev–Trinajstić information content (AvgIpc) is 2.74. The Bertz CT molecular complexity index is 938. The Morgan fingerprint density at radius 3 is 2.52 bits per heavy atom. The number of halogens is 1. The van der Waals surface area contributed by atoms with Gasteiger partial charge in [0.25, 0.3) is 0 Å². The van der Waals surface area contributed by atoms with E-state index in [9.17, 15) is 9.18 Å². The minimum atomic E-state index is -0.500. The summed E-state index contributed by atoms with van der Waals surface area (Å²) in [5.41, 5.74) is 2.05. The molecule has 1 heterocycles. The van der Waals surface area contributed by atoms with E-state index in [4.69, 9.17) is 18.9 Å². The number of hydrogen-bond donors (Lipinski definition) is 0. The van der Waals surface area contributed by atoms with Gasteiger partial charge in [-0.2, -0.15) is 0 Å². The quantitative estimate of drug-likeness (QED) is 0.504. The molecule has 4 rings (SSSR count). The maximum absolute atomic E-state index is 14.5. The molecule has 0 bridgehead atoms. The summed E-state index contributed by atoms with van der Waals surface area (Å²) in [6.45, 7) is 6.86. The van der Waals surface area contributed by atoms with E-state index >= 15 is 0 Å². The summed E-state index contributed by atoms with van der Waals surface area (Å²) in [6.07, 6.45) is 3.74. The molecule has 1 aliphatic heterocycles. The molecule has 0 amide bonds. The average molecular weight is 457 g/mol. The molecule has 6 heteroatoms. The molecule has 2 fully saturated rings. The van der Waals surface area contributed by atoms with Crippen molar-refractivity contribution in [3.05, 3.63) is 53.8 Å². The molecular formula is C27H33FO5. The number of rotatable bonds is 7.